The molecule has 0 aromatic heterocycles. The summed E-state index contributed by atoms with van der Waals surface area (Å²) < 4.78 is 11.7. The zero-order valence-electron chi connectivity index (χ0n) is 13.0. The fourth-order valence-electron chi connectivity index (χ4n) is 3.52. The van der Waals surface area contributed by atoms with Crippen LogP contribution in [0, 0.1) is 5.41 Å². The van der Waals surface area contributed by atoms with Crippen LogP contribution in [-0.2, 0) is 14.3 Å². The summed E-state index contributed by atoms with van der Waals surface area (Å²) in [6.07, 6.45) is 4.49. The summed E-state index contributed by atoms with van der Waals surface area (Å²) in [7, 11) is 0. The van der Waals surface area contributed by atoms with Gasteiger partial charge in [0.15, 0.2) is 5.79 Å². The summed E-state index contributed by atoms with van der Waals surface area (Å²) in [6.45, 7) is 3.31. The zero-order valence-corrected chi connectivity index (χ0v) is 13.0. The average molecular weight is 312 g/mol. The summed E-state index contributed by atoms with van der Waals surface area (Å²) in [5.74, 6) is -1.26. The van der Waals surface area contributed by atoms with Crippen molar-refractivity contribution >= 4 is 12.0 Å². The minimum Gasteiger partial charge on any atom is -0.481 e. The predicted octanol–water partition coefficient (Wildman–Crippen LogP) is 1.18. The molecule has 2 heterocycles. The first-order valence-corrected chi connectivity index (χ1v) is 8.00. The number of rotatable bonds is 3. The predicted molar refractivity (Wildman–Crippen MR) is 77.4 cm³/mol. The highest BCUT2D eigenvalue weighted by atomic mass is 16.7. The molecule has 1 saturated carbocycles. The van der Waals surface area contributed by atoms with E-state index in [1.807, 2.05) is 0 Å². The highest BCUT2D eigenvalue weighted by Crippen LogP contribution is 2.39. The van der Waals surface area contributed by atoms with Gasteiger partial charge in [0.25, 0.3) is 0 Å². The molecule has 22 heavy (non-hydrogen) atoms. The topological polar surface area (TPSA) is 88.1 Å². The molecule has 1 aliphatic carbocycles. The molecule has 3 rings (SSSR count). The van der Waals surface area contributed by atoms with E-state index < -0.39 is 17.2 Å². The van der Waals surface area contributed by atoms with Crippen molar-refractivity contribution < 1.29 is 24.2 Å². The number of aliphatic carboxylic acids is 1. The molecule has 2 N–H and O–H groups in total. The number of nitrogens with zero attached hydrogens (tertiary/aromatic N) is 1. The average Bonchev–Trinajstić information content (AvgIpc) is 3.19. The molecule has 2 aliphatic heterocycles. The van der Waals surface area contributed by atoms with Crippen LogP contribution in [0.3, 0.4) is 0 Å². The summed E-state index contributed by atoms with van der Waals surface area (Å²) in [5.41, 5.74) is -0.835. The third-order valence-electron chi connectivity index (χ3n) is 5.04. The van der Waals surface area contributed by atoms with E-state index in [4.69, 9.17) is 9.47 Å². The second-order valence-electron chi connectivity index (χ2n) is 6.89. The number of nitrogens with one attached hydrogen (secondary N) is 1. The normalized spacial score (nSPS) is 33.5. The molecule has 124 valence electrons. The van der Waals surface area contributed by atoms with Gasteiger partial charge in [0, 0.05) is 32.5 Å². The van der Waals surface area contributed by atoms with Gasteiger partial charge in [0.2, 0.25) is 0 Å². The lowest BCUT2D eigenvalue weighted by Gasteiger charge is -2.23. The van der Waals surface area contributed by atoms with Gasteiger partial charge in [-0.25, -0.2) is 4.79 Å². The largest absolute Gasteiger partial charge is 0.481 e. The van der Waals surface area contributed by atoms with Gasteiger partial charge in [-0.2, -0.15) is 0 Å². The van der Waals surface area contributed by atoms with Gasteiger partial charge in [-0.05, 0) is 26.2 Å². The Bertz CT molecular complexity index is 463. The lowest BCUT2D eigenvalue weighted by Crippen LogP contribution is -2.44. The van der Waals surface area contributed by atoms with Crippen molar-refractivity contribution in [1.82, 2.24) is 10.2 Å². The van der Waals surface area contributed by atoms with Gasteiger partial charge in [-0.1, -0.05) is 0 Å². The summed E-state index contributed by atoms with van der Waals surface area (Å²) in [6, 6.07) is -0.221. The number of amides is 2. The molecule has 1 spiro atoms. The number of hydrogen-bond acceptors (Lipinski definition) is 4. The Morgan fingerprint density at radius 1 is 1.32 bits per heavy atom. The Kier molecular flexibility index (Phi) is 4.03. The maximum Gasteiger partial charge on any atom is 0.317 e. The third-order valence-corrected chi connectivity index (χ3v) is 5.04. The van der Waals surface area contributed by atoms with Crippen LogP contribution in [0.25, 0.3) is 0 Å². The van der Waals surface area contributed by atoms with E-state index in [-0.39, 0.29) is 18.7 Å². The summed E-state index contributed by atoms with van der Waals surface area (Å²) in [5, 5.41) is 12.0. The van der Waals surface area contributed by atoms with E-state index in [1.54, 1.807) is 11.8 Å². The molecular formula is C15H24N2O5. The molecule has 0 bridgehead atoms. The van der Waals surface area contributed by atoms with Crippen molar-refractivity contribution in [3.63, 3.8) is 0 Å². The SMILES string of the molecule is CC1(C(=O)O)CCN(C(=O)NCC2COC3(CCCC3)O2)C1. The maximum absolute atomic E-state index is 12.2. The Hall–Kier alpha value is -1.34. The molecule has 2 amide bonds. The Labute approximate surface area is 129 Å². The van der Waals surface area contributed by atoms with Crippen LogP contribution in [0.15, 0.2) is 0 Å². The fourth-order valence-corrected chi connectivity index (χ4v) is 3.52. The molecule has 2 saturated heterocycles. The first-order valence-electron chi connectivity index (χ1n) is 8.00. The number of carboxylic acid groups (broad SMARTS) is 1. The second-order valence-corrected chi connectivity index (χ2v) is 6.89. The number of carboxylic acids is 1. The number of urea groups is 1. The van der Waals surface area contributed by atoms with E-state index in [2.05, 4.69) is 5.32 Å². The standard InChI is InChI=1S/C15H24N2O5/c1-14(12(18)19)6-7-17(10-14)13(20)16-8-11-9-21-15(22-11)4-2-3-5-15/h11H,2-10H2,1H3,(H,16,20)(H,18,19). The Morgan fingerprint density at radius 2 is 2.05 bits per heavy atom. The molecule has 0 radical (unpaired) electrons. The second kappa shape index (κ2) is 5.70. The monoisotopic (exact) mass is 312 g/mol. The first-order chi connectivity index (χ1) is 10.4. The number of carbonyl (C=O) groups is 2. The van der Waals surface area contributed by atoms with Crippen LogP contribution >= 0.6 is 0 Å². The molecule has 0 aromatic carbocycles. The molecular weight excluding hydrogens is 288 g/mol. The van der Waals surface area contributed by atoms with Gasteiger partial charge >= 0.3 is 12.0 Å². The minimum atomic E-state index is -0.849. The Morgan fingerprint density at radius 3 is 2.68 bits per heavy atom. The lowest BCUT2D eigenvalue weighted by molar-refractivity contribution is -0.161. The van der Waals surface area contributed by atoms with Crippen LogP contribution in [0.2, 0.25) is 0 Å². The van der Waals surface area contributed by atoms with E-state index in [0.717, 1.165) is 25.7 Å². The van der Waals surface area contributed by atoms with Crippen molar-refractivity contribution in [3.8, 4) is 0 Å². The van der Waals surface area contributed by atoms with Crippen molar-refractivity contribution in [2.24, 2.45) is 5.41 Å². The number of hydrogen-bond donors (Lipinski definition) is 2. The van der Waals surface area contributed by atoms with Gasteiger partial charge in [0.1, 0.15) is 6.10 Å². The number of carbonyl (C=O) groups excluding carboxylic acids is 1. The molecule has 2 atom stereocenters. The van der Waals surface area contributed by atoms with Gasteiger partial charge < -0.3 is 24.8 Å². The lowest BCUT2D eigenvalue weighted by atomic mass is 9.90. The Balaban J connectivity index is 1.45. The van der Waals surface area contributed by atoms with Gasteiger partial charge in [0.05, 0.1) is 12.0 Å². The number of likely N-dealkylation sites (tertiary alicyclic amines) is 1. The van der Waals surface area contributed by atoms with Crippen LogP contribution in [-0.4, -0.2) is 60.1 Å². The van der Waals surface area contributed by atoms with Crippen LogP contribution in [0.4, 0.5) is 4.79 Å². The zero-order chi connectivity index (χ0) is 15.8. The molecule has 3 aliphatic rings. The van der Waals surface area contributed by atoms with E-state index in [1.165, 1.54) is 0 Å². The van der Waals surface area contributed by atoms with E-state index in [0.29, 0.717) is 26.1 Å². The van der Waals surface area contributed by atoms with Gasteiger partial charge in [-0.3, -0.25) is 4.79 Å². The highest BCUT2D eigenvalue weighted by Gasteiger charge is 2.44. The smallest absolute Gasteiger partial charge is 0.317 e. The molecule has 0 aromatic rings. The maximum atomic E-state index is 12.2. The number of ether oxygens (including phenoxy) is 2. The molecule has 3 fully saturated rings. The van der Waals surface area contributed by atoms with Crippen molar-refractivity contribution in [2.45, 2.75) is 50.9 Å². The highest BCUT2D eigenvalue weighted by molar-refractivity contribution is 5.79. The molecule has 7 nitrogen and oxygen atoms in total. The third kappa shape index (κ3) is 2.92. The fraction of sp³-hybridized carbons (Fsp3) is 0.867. The summed E-state index contributed by atoms with van der Waals surface area (Å²) >= 11 is 0. The molecule has 7 heteroatoms. The van der Waals surface area contributed by atoms with Crippen molar-refractivity contribution in [3.05, 3.63) is 0 Å². The van der Waals surface area contributed by atoms with E-state index in [9.17, 15) is 14.7 Å². The summed E-state index contributed by atoms with van der Waals surface area (Å²) in [4.78, 5) is 24.9. The van der Waals surface area contributed by atoms with Crippen LogP contribution < -0.4 is 5.32 Å². The van der Waals surface area contributed by atoms with Gasteiger partial charge in [-0.15, -0.1) is 0 Å². The van der Waals surface area contributed by atoms with Crippen LogP contribution in [0.5, 0.6) is 0 Å². The minimum absolute atomic E-state index is 0.115. The first kappa shape index (κ1) is 15.6. The molecule has 2 unspecified atom stereocenters. The van der Waals surface area contributed by atoms with Crippen molar-refractivity contribution in [2.75, 3.05) is 26.2 Å². The van der Waals surface area contributed by atoms with Crippen molar-refractivity contribution in [1.29, 1.82) is 0 Å². The van der Waals surface area contributed by atoms with E-state index >= 15 is 0 Å². The van der Waals surface area contributed by atoms with Crippen LogP contribution in [0.1, 0.15) is 39.0 Å². The quantitative estimate of drug-likeness (QED) is 0.817.